The van der Waals surface area contributed by atoms with Crippen LogP contribution in [0, 0.1) is 46.3 Å². The van der Waals surface area contributed by atoms with Gasteiger partial charge in [-0.25, -0.2) is 0 Å². The summed E-state index contributed by atoms with van der Waals surface area (Å²) in [6, 6.07) is 0. The Morgan fingerprint density at radius 1 is 0.860 bits per heavy atom. The molecule has 2 N–H and O–H groups in total. The average Bonchev–Trinajstić information content (AvgIpc) is 3.43. The number of carbonyl (C=O) groups excluding carboxylic acids is 1. The fourth-order valence-electron chi connectivity index (χ4n) is 10.5. The molecule has 0 spiro atoms. The van der Waals surface area contributed by atoms with E-state index in [9.17, 15) is 15.0 Å². The van der Waals surface area contributed by atoms with Crippen molar-refractivity contribution in [2.24, 2.45) is 46.3 Å². The highest BCUT2D eigenvalue weighted by molar-refractivity contribution is 5.70. The maximum Gasteiger partial charge on any atom is 0.306 e. The quantitative estimate of drug-likeness (QED) is 0.0803. The van der Waals surface area contributed by atoms with E-state index >= 15 is 0 Å². The lowest BCUT2D eigenvalue weighted by atomic mass is 9.45. The van der Waals surface area contributed by atoms with Gasteiger partial charge in [0.25, 0.3) is 0 Å². The summed E-state index contributed by atoms with van der Waals surface area (Å²) in [4.78, 5) is 13.4. The Hall–Kier alpha value is -1.65. The van der Waals surface area contributed by atoms with Crippen molar-refractivity contribution < 1.29 is 19.7 Å². The highest BCUT2D eigenvalue weighted by Gasteiger charge is 2.66. The first-order chi connectivity index (χ1) is 23.9. The molecule has 0 amide bonds. The highest BCUT2D eigenvalue weighted by Crippen LogP contribution is 2.68. The van der Waals surface area contributed by atoms with Gasteiger partial charge in [-0.2, -0.15) is 0 Å². The number of aliphatic hydroxyl groups excluding tert-OH is 1. The summed E-state index contributed by atoms with van der Waals surface area (Å²) in [5.41, 5.74) is 0.0221. The lowest BCUT2D eigenvalue weighted by Gasteiger charge is -2.62. The largest absolute Gasteiger partial charge is 0.455 e. The van der Waals surface area contributed by atoms with Crippen LogP contribution in [0.5, 0.6) is 0 Å². The summed E-state index contributed by atoms with van der Waals surface area (Å²) >= 11 is 0. The first-order valence-electron chi connectivity index (χ1n) is 21.2. The monoisotopic (exact) mass is 693 g/mol. The number of allylic oxidation sites excluding steroid dienone is 7. The van der Waals surface area contributed by atoms with Crippen molar-refractivity contribution in [3.63, 3.8) is 0 Å². The molecule has 0 saturated heterocycles. The van der Waals surface area contributed by atoms with Gasteiger partial charge in [0, 0.05) is 18.3 Å². The van der Waals surface area contributed by atoms with Crippen LogP contribution < -0.4 is 0 Å². The molecule has 0 aromatic heterocycles. The molecule has 284 valence electrons. The molecule has 0 heterocycles. The average molecular weight is 693 g/mol. The van der Waals surface area contributed by atoms with Gasteiger partial charge in [-0.15, -0.1) is 0 Å². The Labute approximate surface area is 307 Å². The van der Waals surface area contributed by atoms with Gasteiger partial charge in [0.2, 0.25) is 0 Å². The van der Waals surface area contributed by atoms with Gasteiger partial charge in [-0.3, -0.25) is 4.79 Å². The number of ether oxygens (including phenoxy) is 1. The van der Waals surface area contributed by atoms with E-state index in [0.29, 0.717) is 42.4 Å². The minimum atomic E-state index is -1.23. The van der Waals surface area contributed by atoms with Crippen LogP contribution in [0.3, 0.4) is 0 Å². The van der Waals surface area contributed by atoms with E-state index in [0.717, 1.165) is 44.9 Å². The normalized spacial score (nSPS) is 35.3. The minimum Gasteiger partial charge on any atom is -0.455 e. The van der Waals surface area contributed by atoms with Crippen molar-refractivity contribution in [1.29, 1.82) is 0 Å². The molecule has 0 aromatic rings. The van der Waals surface area contributed by atoms with E-state index in [1.165, 1.54) is 63.4 Å². The fraction of sp³-hybridized carbons (Fsp3) is 0.804. The smallest absolute Gasteiger partial charge is 0.306 e. The lowest BCUT2D eigenvalue weighted by molar-refractivity contribution is -0.222. The maximum atomic E-state index is 13.4. The molecule has 0 radical (unpaired) electrons. The number of hydrogen-bond donors (Lipinski definition) is 2. The standard InChI is InChI=1S/C46H76O4/c1-8-9-10-11-12-13-14-15-16-17-18-19-20-21-22-23-43(48)50-42-32-38-40-27-26-39(36(5)25-24-35(4)34(2)3)44(40,6)30-29-41(38)45(7)31-28-37(47)33-46(42,45)49/h12-13,15-16,24-25,32,34-37,39-42,47,49H,8-11,14,17-23,26-31,33H2,1-7H3. The first-order valence-corrected chi connectivity index (χ1v) is 21.2. The summed E-state index contributed by atoms with van der Waals surface area (Å²) in [5, 5.41) is 23.3. The van der Waals surface area contributed by atoms with Crippen LogP contribution >= 0.6 is 0 Å². The molecule has 4 rings (SSSR count). The molecule has 4 aliphatic rings. The summed E-state index contributed by atoms with van der Waals surface area (Å²) in [6.45, 7) is 16.4. The summed E-state index contributed by atoms with van der Waals surface area (Å²) in [7, 11) is 0. The Bertz CT molecular complexity index is 1180. The van der Waals surface area contributed by atoms with Gasteiger partial charge < -0.3 is 14.9 Å². The first kappa shape index (κ1) is 41.1. The third kappa shape index (κ3) is 9.66. The number of aliphatic hydroxyl groups is 2. The van der Waals surface area contributed by atoms with E-state index in [2.05, 4.69) is 91.0 Å². The molecule has 4 nitrogen and oxygen atoms in total. The lowest BCUT2D eigenvalue weighted by Crippen LogP contribution is -2.66. The molecule has 3 saturated carbocycles. The van der Waals surface area contributed by atoms with Gasteiger partial charge in [0.05, 0.1) is 6.10 Å². The maximum absolute atomic E-state index is 13.4. The van der Waals surface area contributed by atoms with E-state index in [1.807, 2.05) is 0 Å². The Morgan fingerprint density at radius 3 is 2.24 bits per heavy atom. The SMILES string of the molecule is CCCCCC=CCC=CCCCCCCCC(=O)OC1C=C2C3CCC(C(C)C=CC(C)C(C)C)C3(C)CCC2C2(C)CCC(O)CC12O. The third-order valence-electron chi connectivity index (χ3n) is 14.3. The predicted molar refractivity (Wildman–Crippen MR) is 210 cm³/mol. The fourth-order valence-corrected chi connectivity index (χ4v) is 10.5. The second-order valence-corrected chi connectivity index (χ2v) is 18.0. The van der Waals surface area contributed by atoms with Gasteiger partial charge >= 0.3 is 5.97 Å². The second-order valence-electron chi connectivity index (χ2n) is 18.0. The summed E-state index contributed by atoms with van der Waals surface area (Å²) in [6.07, 6.45) is 34.5. The van der Waals surface area contributed by atoms with Gasteiger partial charge in [-0.1, -0.05) is 123 Å². The van der Waals surface area contributed by atoms with Crippen LogP contribution in [0.2, 0.25) is 0 Å². The predicted octanol–water partition coefficient (Wildman–Crippen LogP) is 11.9. The number of carbonyl (C=O) groups is 1. The molecule has 10 unspecified atom stereocenters. The van der Waals surface area contributed by atoms with Crippen molar-refractivity contribution in [2.75, 3.05) is 0 Å². The van der Waals surface area contributed by atoms with Gasteiger partial charge in [-0.05, 0) is 124 Å². The molecule has 3 fully saturated rings. The third-order valence-corrected chi connectivity index (χ3v) is 14.3. The number of fused-ring (bicyclic) bond motifs is 5. The zero-order chi connectivity index (χ0) is 36.4. The molecule has 0 aromatic carbocycles. The van der Waals surface area contributed by atoms with Crippen LogP contribution in [0.1, 0.15) is 170 Å². The van der Waals surface area contributed by atoms with Crippen molar-refractivity contribution in [1.82, 2.24) is 0 Å². The summed E-state index contributed by atoms with van der Waals surface area (Å²) < 4.78 is 6.29. The van der Waals surface area contributed by atoms with E-state index in [1.54, 1.807) is 0 Å². The molecule has 4 heteroatoms. The van der Waals surface area contributed by atoms with Crippen molar-refractivity contribution in [3.05, 3.63) is 48.1 Å². The van der Waals surface area contributed by atoms with Crippen LogP contribution in [-0.4, -0.2) is 34.0 Å². The van der Waals surface area contributed by atoms with Crippen LogP contribution in [-0.2, 0) is 9.53 Å². The van der Waals surface area contributed by atoms with Crippen molar-refractivity contribution >= 4 is 5.97 Å². The minimum absolute atomic E-state index is 0.201. The molecule has 50 heavy (non-hydrogen) atoms. The van der Waals surface area contributed by atoms with Crippen LogP contribution in [0.15, 0.2) is 48.1 Å². The molecular weight excluding hydrogens is 617 g/mol. The number of rotatable bonds is 19. The summed E-state index contributed by atoms with van der Waals surface area (Å²) in [5.74, 6) is 2.93. The molecular formula is C46H76O4. The van der Waals surface area contributed by atoms with E-state index < -0.39 is 23.2 Å². The van der Waals surface area contributed by atoms with Crippen molar-refractivity contribution in [3.8, 4) is 0 Å². The molecule has 4 aliphatic carbocycles. The van der Waals surface area contributed by atoms with Gasteiger partial charge in [0.1, 0.15) is 11.7 Å². The zero-order valence-electron chi connectivity index (χ0n) is 33.3. The topological polar surface area (TPSA) is 66.8 Å². The van der Waals surface area contributed by atoms with Crippen molar-refractivity contribution in [2.45, 2.75) is 188 Å². The van der Waals surface area contributed by atoms with Crippen LogP contribution in [0.4, 0.5) is 0 Å². The van der Waals surface area contributed by atoms with E-state index in [-0.39, 0.29) is 23.7 Å². The Kier molecular flexibility index (Phi) is 15.5. The number of hydrogen-bond acceptors (Lipinski definition) is 4. The van der Waals surface area contributed by atoms with E-state index in [4.69, 9.17) is 4.74 Å². The Balaban J connectivity index is 1.33. The zero-order valence-corrected chi connectivity index (χ0v) is 33.3. The Morgan fingerprint density at radius 2 is 1.54 bits per heavy atom. The van der Waals surface area contributed by atoms with Crippen LogP contribution in [0.25, 0.3) is 0 Å². The number of esters is 1. The number of unbranched alkanes of at least 4 members (excludes halogenated alkanes) is 8. The molecule has 0 aliphatic heterocycles. The second kappa shape index (κ2) is 18.9. The van der Waals surface area contributed by atoms with Gasteiger partial charge in [0.15, 0.2) is 0 Å². The molecule has 10 atom stereocenters. The molecule has 0 bridgehead atoms. The highest BCUT2D eigenvalue weighted by atomic mass is 16.6.